The highest BCUT2D eigenvalue weighted by Crippen LogP contribution is 2.35. The number of phenols is 1. The van der Waals surface area contributed by atoms with Crippen LogP contribution in [0.4, 0.5) is 5.88 Å². The summed E-state index contributed by atoms with van der Waals surface area (Å²) in [7, 11) is 0. The van der Waals surface area contributed by atoms with Crippen molar-refractivity contribution in [2.75, 3.05) is 12.3 Å². The van der Waals surface area contributed by atoms with E-state index in [0.29, 0.717) is 27.9 Å². The van der Waals surface area contributed by atoms with E-state index in [1.165, 1.54) is 25.1 Å². The first-order chi connectivity index (χ1) is 21.7. The molecule has 9 N–H and O–H groups in total. The van der Waals surface area contributed by atoms with Gasteiger partial charge in [-0.3, -0.25) is 9.59 Å². The minimum Gasteiger partial charge on any atom is -0.507 e. The molecule has 0 unspecified atom stereocenters. The van der Waals surface area contributed by atoms with E-state index in [2.05, 4.69) is 15.8 Å². The summed E-state index contributed by atoms with van der Waals surface area (Å²) in [6, 6.07) is 10.3. The van der Waals surface area contributed by atoms with Crippen LogP contribution in [0.5, 0.6) is 5.75 Å². The van der Waals surface area contributed by atoms with Gasteiger partial charge in [0.15, 0.2) is 5.60 Å². The molecule has 6 atom stereocenters. The van der Waals surface area contributed by atoms with Gasteiger partial charge in [-0.05, 0) is 48.7 Å². The summed E-state index contributed by atoms with van der Waals surface area (Å²) >= 11 is 0. The van der Waals surface area contributed by atoms with Crippen molar-refractivity contribution >= 4 is 29.7 Å². The van der Waals surface area contributed by atoms with Gasteiger partial charge in [-0.1, -0.05) is 35.5 Å². The molecule has 1 aliphatic heterocycles. The number of aromatic hydroxyl groups is 1. The van der Waals surface area contributed by atoms with Crippen LogP contribution in [0.3, 0.4) is 0 Å². The molecule has 0 aliphatic carbocycles. The number of nitrogens with two attached hydrogens (primary N) is 1. The number of aliphatic hydroxyl groups excluding tert-OH is 3. The van der Waals surface area contributed by atoms with E-state index < -0.39 is 66.8 Å². The minimum absolute atomic E-state index is 0.0477. The average molecular weight is 639 g/mol. The van der Waals surface area contributed by atoms with E-state index >= 15 is 0 Å². The van der Waals surface area contributed by atoms with Gasteiger partial charge in [0.05, 0.1) is 18.2 Å². The molecule has 46 heavy (non-hydrogen) atoms. The van der Waals surface area contributed by atoms with Gasteiger partial charge in [0.1, 0.15) is 23.7 Å². The molecule has 2 amide bonds. The number of benzene rings is 2. The van der Waals surface area contributed by atoms with E-state index in [1.807, 2.05) is 0 Å². The third kappa shape index (κ3) is 7.72. The highest BCUT2D eigenvalue weighted by Gasteiger charge is 2.54. The van der Waals surface area contributed by atoms with Gasteiger partial charge in [0.2, 0.25) is 11.8 Å². The summed E-state index contributed by atoms with van der Waals surface area (Å²) in [4.78, 5) is 37.3. The SMILES string of the molecule is CC(=O)N[C@H]1[C@H]([C@H](O)[C@H](O)CNC(=O)c2cc(C)c(O)c(C)c2)O[C@@](C/C=C/c2cccc(-c3cc(N)on3)c2)(C(=O)O)C[C@@H]1O. The summed E-state index contributed by atoms with van der Waals surface area (Å²) in [5, 5.41) is 62.1. The van der Waals surface area contributed by atoms with Crippen molar-refractivity contribution in [3.8, 4) is 17.0 Å². The number of amides is 2. The molecule has 1 aliphatic rings. The van der Waals surface area contributed by atoms with Crippen LogP contribution in [-0.4, -0.2) is 91.1 Å². The fourth-order valence-corrected chi connectivity index (χ4v) is 5.46. The number of carboxylic acids is 1. The molecule has 14 heteroatoms. The van der Waals surface area contributed by atoms with Crippen LogP contribution in [0.2, 0.25) is 0 Å². The minimum atomic E-state index is -2.04. The zero-order valence-electron chi connectivity index (χ0n) is 25.5. The smallest absolute Gasteiger partial charge is 0.336 e. The molecule has 4 rings (SSSR count). The van der Waals surface area contributed by atoms with Crippen LogP contribution < -0.4 is 16.4 Å². The van der Waals surface area contributed by atoms with Gasteiger partial charge in [0, 0.05) is 43.5 Å². The maximum atomic E-state index is 12.7. The topological polar surface area (TPSA) is 238 Å². The molecule has 0 saturated carbocycles. The Labute approximate surface area is 264 Å². The van der Waals surface area contributed by atoms with Crippen LogP contribution in [0, 0.1) is 13.8 Å². The summed E-state index contributed by atoms with van der Waals surface area (Å²) in [6.07, 6.45) is -4.09. The Kier molecular flexibility index (Phi) is 10.5. The molecule has 2 aromatic carbocycles. The normalized spacial score (nSPS) is 22.7. The maximum Gasteiger partial charge on any atom is 0.336 e. The Morgan fingerprint density at radius 3 is 2.46 bits per heavy atom. The van der Waals surface area contributed by atoms with Crippen molar-refractivity contribution in [2.45, 2.75) is 69.7 Å². The Morgan fingerprint density at radius 2 is 1.85 bits per heavy atom. The molecule has 0 bridgehead atoms. The lowest BCUT2D eigenvalue weighted by Gasteiger charge is -2.47. The fourth-order valence-electron chi connectivity index (χ4n) is 5.46. The zero-order chi connectivity index (χ0) is 33.8. The first-order valence-electron chi connectivity index (χ1n) is 14.5. The lowest BCUT2D eigenvalue weighted by molar-refractivity contribution is -0.226. The van der Waals surface area contributed by atoms with Crippen molar-refractivity contribution in [2.24, 2.45) is 0 Å². The number of aliphatic carboxylic acids is 1. The number of anilines is 1. The van der Waals surface area contributed by atoms with Gasteiger partial charge in [-0.15, -0.1) is 0 Å². The number of nitrogens with zero attached hydrogens (tertiary/aromatic N) is 1. The molecule has 2 heterocycles. The number of hydrogen-bond acceptors (Lipinski definition) is 11. The number of hydrogen-bond donors (Lipinski definition) is 8. The Morgan fingerprint density at radius 1 is 1.15 bits per heavy atom. The average Bonchev–Trinajstić information content (AvgIpc) is 3.45. The monoisotopic (exact) mass is 638 g/mol. The quantitative estimate of drug-likeness (QED) is 0.148. The van der Waals surface area contributed by atoms with Crippen molar-refractivity contribution < 1.29 is 49.2 Å². The second-order valence-corrected chi connectivity index (χ2v) is 11.5. The number of aromatic nitrogens is 1. The first kappa shape index (κ1) is 34.1. The predicted octanol–water partition coefficient (Wildman–Crippen LogP) is 1.28. The third-order valence-corrected chi connectivity index (χ3v) is 7.85. The highest BCUT2D eigenvalue weighted by atomic mass is 16.6. The third-order valence-electron chi connectivity index (χ3n) is 7.85. The Bertz CT molecular complexity index is 1600. The molecule has 0 spiro atoms. The molecule has 1 aromatic heterocycles. The van der Waals surface area contributed by atoms with Crippen molar-refractivity contribution in [3.63, 3.8) is 0 Å². The van der Waals surface area contributed by atoms with Crippen LogP contribution >= 0.6 is 0 Å². The van der Waals surface area contributed by atoms with E-state index in [1.54, 1.807) is 50.3 Å². The van der Waals surface area contributed by atoms with Crippen LogP contribution in [0.25, 0.3) is 17.3 Å². The largest absolute Gasteiger partial charge is 0.507 e. The van der Waals surface area contributed by atoms with Crippen LogP contribution in [0.15, 0.2) is 53.1 Å². The number of nitrogen functional groups attached to an aromatic ring is 1. The van der Waals surface area contributed by atoms with Gasteiger partial charge in [-0.2, -0.15) is 0 Å². The van der Waals surface area contributed by atoms with Gasteiger partial charge < -0.3 is 51.2 Å². The van der Waals surface area contributed by atoms with E-state index in [0.717, 1.165) is 0 Å². The van der Waals surface area contributed by atoms with E-state index in [-0.39, 0.29) is 23.6 Å². The Balaban J connectivity index is 1.52. The number of aliphatic hydroxyl groups is 3. The summed E-state index contributed by atoms with van der Waals surface area (Å²) in [5.41, 5.74) is 6.63. The number of ether oxygens (including phenoxy) is 1. The molecule has 1 saturated heterocycles. The molecule has 246 valence electrons. The molecule has 0 radical (unpaired) electrons. The molecule has 1 fully saturated rings. The highest BCUT2D eigenvalue weighted by molar-refractivity contribution is 5.95. The van der Waals surface area contributed by atoms with Gasteiger partial charge in [0.25, 0.3) is 5.91 Å². The van der Waals surface area contributed by atoms with Crippen molar-refractivity contribution in [1.82, 2.24) is 15.8 Å². The number of carbonyl (C=O) groups is 3. The van der Waals surface area contributed by atoms with Crippen molar-refractivity contribution in [1.29, 1.82) is 0 Å². The fraction of sp³-hybridized carbons (Fsp3) is 0.375. The molecule has 3 aromatic rings. The maximum absolute atomic E-state index is 12.7. The number of carboxylic acid groups (broad SMARTS) is 1. The first-order valence-corrected chi connectivity index (χ1v) is 14.5. The predicted molar refractivity (Wildman–Crippen MR) is 165 cm³/mol. The zero-order valence-corrected chi connectivity index (χ0v) is 25.5. The second kappa shape index (κ2) is 14.1. The van der Waals surface area contributed by atoms with Crippen LogP contribution in [-0.2, 0) is 14.3 Å². The number of carbonyl (C=O) groups excluding carboxylic acids is 2. The van der Waals surface area contributed by atoms with E-state index in [9.17, 15) is 39.9 Å². The summed E-state index contributed by atoms with van der Waals surface area (Å²) in [6.45, 7) is 3.96. The van der Waals surface area contributed by atoms with E-state index in [4.69, 9.17) is 15.0 Å². The number of aryl methyl sites for hydroxylation is 2. The summed E-state index contributed by atoms with van der Waals surface area (Å²) in [5.74, 6) is -2.41. The lowest BCUT2D eigenvalue weighted by Crippen LogP contribution is -2.67. The molecular formula is C32H38N4O10. The second-order valence-electron chi connectivity index (χ2n) is 11.5. The van der Waals surface area contributed by atoms with Crippen LogP contribution in [0.1, 0.15) is 46.8 Å². The Hall–Kier alpha value is -4.76. The van der Waals surface area contributed by atoms with Crippen molar-refractivity contribution in [3.05, 3.63) is 70.8 Å². The molecule has 14 nitrogen and oxygen atoms in total. The molecular weight excluding hydrogens is 600 g/mol. The summed E-state index contributed by atoms with van der Waals surface area (Å²) < 4.78 is 10.9. The number of rotatable bonds is 11. The van der Waals surface area contributed by atoms with Gasteiger partial charge in [-0.25, -0.2) is 4.79 Å². The number of nitrogens with one attached hydrogen (secondary N) is 2. The number of phenolic OH excluding ortho intramolecular Hbond substituents is 1. The standard InChI is InChI=1S/C32H38N4O10/c1-16-10-21(11-17(2)27(16)40)30(42)34-15-24(39)28(41)29-26(35-18(3)37)23(38)14-32(45-29,31(43)44)9-5-7-19-6-4-8-20(12-19)22-13-25(33)46-36-22/h4-8,10-13,23-24,26,28-29,38-41H,9,14-15,33H2,1-3H3,(H,34,42)(H,35,37)(H,43,44)/b7-5+/t23-,24+,26+,28+,29+,32+/m0/s1. The van der Waals surface area contributed by atoms with Gasteiger partial charge >= 0.3 is 5.97 Å². The lowest BCUT2D eigenvalue weighted by atomic mass is 9.81.